The molecule has 0 saturated carbocycles. The normalized spacial score (nSPS) is 16.3. The summed E-state index contributed by atoms with van der Waals surface area (Å²) in [6.45, 7) is 0.538. The molecule has 0 radical (unpaired) electrons. The second-order valence-electron chi connectivity index (χ2n) is 6.92. The number of alkyl halides is 3. The maximum Gasteiger partial charge on any atom is 0.416 e. The summed E-state index contributed by atoms with van der Waals surface area (Å²) >= 11 is 0. The van der Waals surface area contributed by atoms with Crippen molar-refractivity contribution < 1.29 is 26.8 Å². The first kappa shape index (κ1) is 19.4. The topological polar surface area (TPSA) is 78.9 Å². The van der Waals surface area contributed by atoms with Gasteiger partial charge in [-0.1, -0.05) is 34.6 Å². The van der Waals surface area contributed by atoms with E-state index in [0.29, 0.717) is 23.5 Å². The van der Waals surface area contributed by atoms with Crippen molar-refractivity contribution in [3.8, 4) is 23.0 Å². The molecule has 7 nitrogen and oxygen atoms in total. The Kier molecular flexibility index (Phi) is 4.54. The Morgan fingerprint density at radius 2 is 1.74 bits per heavy atom. The van der Waals surface area contributed by atoms with Crippen molar-refractivity contribution in [3.63, 3.8) is 0 Å². The van der Waals surface area contributed by atoms with E-state index in [1.165, 1.54) is 24.3 Å². The van der Waals surface area contributed by atoms with Gasteiger partial charge in [0.15, 0.2) is 5.69 Å². The van der Waals surface area contributed by atoms with Crippen LogP contribution in [0.25, 0.3) is 23.0 Å². The molecule has 0 saturated heterocycles. The minimum atomic E-state index is -4.42. The van der Waals surface area contributed by atoms with Crippen LogP contribution in [0.2, 0.25) is 0 Å². The lowest BCUT2D eigenvalue weighted by Gasteiger charge is -2.24. The molecule has 0 aliphatic carbocycles. The van der Waals surface area contributed by atoms with Crippen molar-refractivity contribution in [3.05, 3.63) is 71.2 Å². The summed E-state index contributed by atoms with van der Waals surface area (Å²) in [7, 11) is 0. The van der Waals surface area contributed by atoms with E-state index < -0.39 is 11.7 Å². The summed E-state index contributed by atoms with van der Waals surface area (Å²) < 4.78 is 64.1. The molecule has 1 atom stereocenters. The average Bonchev–Trinajstić information content (AvgIpc) is 3.40. The molecule has 2 aromatic heterocycles. The molecule has 0 amide bonds. The molecule has 3 heterocycles. The molecule has 2 aromatic carbocycles. The van der Waals surface area contributed by atoms with Crippen LogP contribution in [0.4, 0.5) is 17.6 Å². The molecule has 1 aliphatic rings. The molecule has 31 heavy (non-hydrogen) atoms. The molecule has 0 unspecified atom stereocenters. The molecule has 1 aliphatic heterocycles. The average molecular weight is 431 g/mol. The van der Waals surface area contributed by atoms with Gasteiger partial charge in [-0.25, -0.2) is 9.07 Å². The SMILES string of the molecule is Fc1ccc([C@@H]2Cn3nnc(-c4nc(-c5ccc(C(F)(F)F)cc5)no4)c3CO2)cc1. The van der Waals surface area contributed by atoms with Gasteiger partial charge in [0.2, 0.25) is 5.82 Å². The number of benzene rings is 2. The molecule has 4 aromatic rings. The van der Waals surface area contributed by atoms with Crippen LogP contribution in [0, 0.1) is 5.82 Å². The van der Waals surface area contributed by atoms with Gasteiger partial charge in [-0.05, 0) is 29.8 Å². The summed E-state index contributed by atoms with van der Waals surface area (Å²) in [6.07, 6.45) is -4.73. The van der Waals surface area contributed by atoms with Crippen molar-refractivity contribution >= 4 is 0 Å². The lowest BCUT2D eigenvalue weighted by molar-refractivity contribution is -0.137. The van der Waals surface area contributed by atoms with Gasteiger partial charge >= 0.3 is 6.18 Å². The van der Waals surface area contributed by atoms with Crippen LogP contribution in [0.15, 0.2) is 53.1 Å². The number of hydrogen-bond donors (Lipinski definition) is 0. The number of rotatable bonds is 3. The zero-order chi connectivity index (χ0) is 21.6. The van der Waals surface area contributed by atoms with Crippen LogP contribution in [0.5, 0.6) is 0 Å². The van der Waals surface area contributed by atoms with Gasteiger partial charge < -0.3 is 9.26 Å². The standard InChI is InChI=1S/C20H13F4N5O2/c21-14-7-3-11(4-8-14)16-9-29-15(10-30-16)17(26-28-29)19-25-18(27-31-19)12-1-5-13(6-2-12)20(22,23)24/h1-8,16H,9-10H2/t16-/m0/s1. The van der Waals surface area contributed by atoms with Gasteiger partial charge in [-0.2, -0.15) is 18.2 Å². The predicted octanol–water partition coefficient (Wildman–Crippen LogP) is 4.42. The molecule has 5 rings (SSSR count). The summed E-state index contributed by atoms with van der Waals surface area (Å²) in [4.78, 5) is 4.24. The molecule has 0 spiro atoms. The number of nitrogens with zero attached hydrogens (tertiary/aromatic N) is 5. The fourth-order valence-electron chi connectivity index (χ4n) is 3.30. The Morgan fingerprint density at radius 3 is 2.45 bits per heavy atom. The third-order valence-electron chi connectivity index (χ3n) is 4.94. The quantitative estimate of drug-likeness (QED) is 0.447. The molecule has 158 valence electrons. The van der Waals surface area contributed by atoms with Gasteiger partial charge in [-0.3, -0.25) is 0 Å². The van der Waals surface area contributed by atoms with E-state index in [0.717, 1.165) is 17.7 Å². The second-order valence-corrected chi connectivity index (χ2v) is 6.92. The number of aromatic nitrogens is 5. The highest BCUT2D eigenvalue weighted by atomic mass is 19.4. The Balaban J connectivity index is 1.37. The van der Waals surface area contributed by atoms with E-state index >= 15 is 0 Å². The van der Waals surface area contributed by atoms with E-state index in [-0.39, 0.29) is 30.2 Å². The van der Waals surface area contributed by atoms with Gasteiger partial charge in [0, 0.05) is 5.56 Å². The largest absolute Gasteiger partial charge is 0.416 e. The van der Waals surface area contributed by atoms with Crippen LogP contribution in [0.3, 0.4) is 0 Å². The van der Waals surface area contributed by atoms with Crippen molar-refractivity contribution in [2.75, 3.05) is 0 Å². The fraction of sp³-hybridized carbons (Fsp3) is 0.200. The van der Waals surface area contributed by atoms with Crippen molar-refractivity contribution in [2.24, 2.45) is 0 Å². The molecular weight excluding hydrogens is 418 g/mol. The zero-order valence-electron chi connectivity index (χ0n) is 15.7. The number of fused-ring (bicyclic) bond motifs is 1. The maximum atomic E-state index is 13.1. The molecule has 0 bridgehead atoms. The Labute approximate surface area is 172 Å². The lowest BCUT2D eigenvalue weighted by Crippen LogP contribution is -2.22. The van der Waals surface area contributed by atoms with Crippen molar-refractivity contribution in [1.82, 2.24) is 25.1 Å². The highest BCUT2D eigenvalue weighted by Crippen LogP contribution is 2.32. The van der Waals surface area contributed by atoms with E-state index in [4.69, 9.17) is 9.26 Å². The molecular formula is C20H13F4N5O2. The summed E-state index contributed by atoms with van der Waals surface area (Å²) in [5, 5.41) is 12.0. The second kappa shape index (κ2) is 7.27. The predicted molar refractivity (Wildman–Crippen MR) is 97.7 cm³/mol. The van der Waals surface area contributed by atoms with Crippen LogP contribution < -0.4 is 0 Å². The molecule has 0 N–H and O–H groups in total. The highest BCUT2D eigenvalue weighted by molar-refractivity contribution is 5.59. The number of halogens is 4. The summed E-state index contributed by atoms with van der Waals surface area (Å²) in [6, 6.07) is 10.5. The minimum absolute atomic E-state index is 0.0833. The van der Waals surface area contributed by atoms with Crippen LogP contribution in [-0.4, -0.2) is 25.1 Å². The third kappa shape index (κ3) is 3.67. The van der Waals surface area contributed by atoms with E-state index in [1.54, 1.807) is 16.8 Å². The minimum Gasteiger partial charge on any atom is -0.365 e. The lowest BCUT2D eigenvalue weighted by atomic mass is 10.1. The fourth-order valence-corrected chi connectivity index (χ4v) is 3.30. The van der Waals surface area contributed by atoms with Crippen LogP contribution >= 0.6 is 0 Å². The van der Waals surface area contributed by atoms with Crippen LogP contribution in [-0.2, 0) is 24.1 Å². The van der Waals surface area contributed by atoms with Gasteiger partial charge in [0.25, 0.3) is 5.89 Å². The van der Waals surface area contributed by atoms with E-state index in [2.05, 4.69) is 20.5 Å². The summed E-state index contributed by atoms with van der Waals surface area (Å²) in [5.74, 6) is -0.116. The van der Waals surface area contributed by atoms with Crippen LogP contribution in [0.1, 0.15) is 22.9 Å². The van der Waals surface area contributed by atoms with Crippen molar-refractivity contribution in [1.29, 1.82) is 0 Å². The van der Waals surface area contributed by atoms with E-state index in [1.807, 2.05) is 0 Å². The number of ether oxygens (including phenoxy) is 1. The first-order chi connectivity index (χ1) is 14.9. The smallest absolute Gasteiger partial charge is 0.365 e. The van der Waals surface area contributed by atoms with Crippen molar-refractivity contribution in [2.45, 2.75) is 25.4 Å². The zero-order valence-corrected chi connectivity index (χ0v) is 15.7. The highest BCUT2D eigenvalue weighted by Gasteiger charge is 2.31. The monoisotopic (exact) mass is 431 g/mol. The Bertz CT molecular complexity index is 1220. The third-order valence-corrected chi connectivity index (χ3v) is 4.94. The first-order valence-corrected chi connectivity index (χ1v) is 9.19. The van der Waals surface area contributed by atoms with E-state index in [9.17, 15) is 17.6 Å². The Morgan fingerprint density at radius 1 is 1.00 bits per heavy atom. The maximum absolute atomic E-state index is 13.1. The summed E-state index contributed by atoms with van der Waals surface area (Å²) in [5.41, 5.74) is 1.38. The van der Waals surface area contributed by atoms with Gasteiger partial charge in [0.1, 0.15) is 11.9 Å². The van der Waals surface area contributed by atoms with Gasteiger partial charge in [-0.15, -0.1) is 5.10 Å². The number of hydrogen-bond acceptors (Lipinski definition) is 6. The Hall–Kier alpha value is -3.60. The molecule has 11 heteroatoms. The molecule has 0 fully saturated rings. The van der Waals surface area contributed by atoms with Gasteiger partial charge in [0.05, 0.1) is 24.4 Å². The first-order valence-electron chi connectivity index (χ1n) is 9.19.